The van der Waals surface area contributed by atoms with Crippen molar-refractivity contribution in [2.45, 2.75) is 84.5 Å². The van der Waals surface area contributed by atoms with Gasteiger partial charge in [0.25, 0.3) is 0 Å². The van der Waals surface area contributed by atoms with Crippen molar-refractivity contribution in [2.24, 2.45) is 5.92 Å². The van der Waals surface area contributed by atoms with Gasteiger partial charge >= 0.3 is 6.03 Å². The fraction of sp³-hybridized carbons (Fsp3) is 0.436. The molecule has 2 saturated carbocycles. The summed E-state index contributed by atoms with van der Waals surface area (Å²) in [5.41, 5.74) is 9.20. The topological polar surface area (TPSA) is 61.4 Å². The minimum absolute atomic E-state index is 0.0276. The van der Waals surface area contributed by atoms with Crippen LogP contribution in [0.15, 0.2) is 78.9 Å². The Morgan fingerprint density at radius 1 is 0.841 bits per heavy atom. The molecule has 234 valence electrons. The minimum Gasteiger partial charge on any atom is -0.388 e. The molecule has 6 rings (SSSR count). The summed E-state index contributed by atoms with van der Waals surface area (Å²) in [7, 11) is 1.92. The number of rotatable bonds is 7. The first-order chi connectivity index (χ1) is 21.3. The SMILES string of the molecule is C=C1CCC1.CC(C)c1ccc(NC(=O)N2CCCC2)cc1.CCc1cc(-c2ccc(NC)cc2)ccc1C(=O)C1CCC1. The first-order valence-corrected chi connectivity index (χ1v) is 16.6. The van der Waals surface area contributed by atoms with Crippen LogP contribution in [0.5, 0.6) is 0 Å². The van der Waals surface area contributed by atoms with Gasteiger partial charge in [0.05, 0.1) is 0 Å². The number of aryl methyl sites for hydroxylation is 1. The van der Waals surface area contributed by atoms with Crippen LogP contribution in [-0.4, -0.2) is 36.9 Å². The fourth-order valence-corrected chi connectivity index (χ4v) is 5.53. The van der Waals surface area contributed by atoms with E-state index in [2.05, 4.69) is 86.5 Å². The summed E-state index contributed by atoms with van der Waals surface area (Å²) < 4.78 is 0. The number of nitrogens with one attached hydrogen (secondary N) is 2. The van der Waals surface area contributed by atoms with Crippen molar-refractivity contribution in [2.75, 3.05) is 30.8 Å². The van der Waals surface area contributed by atoms with E-state index in [1.165, 1.54) is 53.5 Å². The van der Waals surface area contributed by atoms with E-state index in [4.69, 9.17) is 0 Å². The number of benzene rings is 3. The molecule has 0 spiro atoms. The molecule has 5 nitrogen and oxygen atoms in total. The second-order valence-electron chi connectivity index (χ2n) is 12.5. The van der Waals surface area contributed by atoms with Gasteiger partial charge < -0.3 is 15.5 Å². The Morgan fingerprint density at radius 3 is 1.91 bits per heavy atom. The van der Waals surface area contributed by atoms with Crippen molar-refractivity contribution in [3.63, 3.8) is 0 Å². The number of hydrogen-bond donors (Lipinski definition) is 2. The number of Topliss-reactive ketones (excluding diaryl/α,β-unsaturated/α-hetero) is 1. The van der Waals surface area contributed by atoms with Crippen LogP contribution in [-0.2, 0) is 6.42 Å². The first kappa shape index (κ1) is 33.0. The third-order valence-corrected chi connectivity index (χ3v) is 9.02. The molecule has 1 saturated heterocycles. The van der Waals surface area contributed by atoms with Crippen molar-refractivity contribution in [3.05, 3.63) is 95.6 Å². The van der Waals surface area contributed by atoms with Gasteiger partial charge in [0, 0.05) is 43.0 Å². The zero-order valence-electron chi connectivity index (χ0n) is 27.3. The maximum absolute atomic E-state index is 12.5. The minimum atomic E-state index is 0.0276. The summed E-state index contributed by atoms with van der Waals surface area (Å²) in [6, 6.07) is 22.8. The Balaban J connectivity index is 0.000000177. The second kappa shape index (κ2) is 16.3. The van der Waals surface area contributed by atoms with E-state index < -0.39 is 0 Å². The summed E-state index contributed by atoms with van der Waals surface area (Å²) in [5, 5.41) is 6.07. The Kier molecular flexibility index (Phi) is 12.2. The third kappa shape index (κ3) is 9.07. The molecule has 1 aliphatic heterocycles. The van der Waals surface area contributed by atoms with Gasteiger partial charge in [0.1, 0.15) is 0 Å². The Hall–Kier alpha value is -3.86. The Morgan fingerprint density at radius 2 is 1.43 bits per heavy atom. The summed E-state index contributed by atoms with van der Waals surface area (Å²) in [6.07, 6.45) is 10.5. The summed E-state index contributed by atoms with van der Waals surface area (Å²) in [5.74, 6) is 1.14. The fourth-order valence-electron chi connectivity index (χ4n) is 5.53. The van der Waals surface area contributed by atoms with Crippen LogP contribution in [0.25, 0.3) is 11.1 Å². The van der Waals surface area contributed by atoms with Gasteiger partial charge in [-0.3, -0.25) is 4.79 Å². The molecule has 5 heteroatoms. The number of nitrogens with zero attached hydrogens (tertiary/aromatic N) is 1. The average molecular weight is 594 g/mol. The zero-order chi connectivity index (χ0) is 31.5. The second-order valence-corrected chi connectivity index (χ2v) is 12.5. The van der Waals surface area contributed by atoms with Gasteiger partial charge in [-0.25, -0.2) is 4.79 Å². The summed E-state index contributed by atoms with van der Waals surface area (Å²) >= 11 is 0. The lowest BCUT2D eigenvalue weighted by Crippen LogP contribution is -2.32. The van der Waals surface area contributed by atoms with Crippen molar-refractivity contribution < 1.29 is 9.59 Å². The quantitative estimate of drug-likeness (QED) is 0.212. The molecule has 3 fully saturated rings. The molecule has 0 radical (unpaired) electrons. The normalized spacial score (nSPS) is 15.7. The number of hydrogen-bond acceptors (Lipinski definition) is 3. The van der Waals surface area contributed by atoms with Crippen LogP contribution in [0.1, 0.15) is 99.5 Å². The maximum atomic E-state index is 12.5. The molecule has 0 atom stereocenters. The van der Waals surface area contributed by atoms with E-state index in [0.717, 1.165) is 62.1 Å². The van der Waals surface area contributed by atoms with E-state index in [0.29, 0.717) is 11.7 Å². The van der Waals surface area contributed by atoms with Crippen molar-refractivity contribution in [3.8, 4) is 11.1 Å². The van der Waals surface area contributed by atoms with Gasteiger partial charge in [-0.1, -0.05) is 81.8 Å². The number of allylic oxidation sites excluding steroid dienone is 1. The molecule has 0 unspecified atom stereocenters. The number of urea groups is 1. The van der Waals surface area contributed by atoms with E-state index in [1.807, 2.05) is 30.1 Å². The van der Waals surface area contributed by atoms with Crippen LogP contribution < -0.4 is 10.6 Å². The average Bonchev–Trinajstić information content (AvgIpc) is 3.55. The van der Waals surface area contributed by atoms with E-state index >= 15 is 0 Å². The number of carbonyl (C=O) groups excluding carboxylic acids is 2. The number of likely N-dealkylation sites (tertiary alicyclic amines) is 1. The number of ketones is 1. The molecule has 0 aromatic heterocycles. The lowest BCUT2D eigenvalue weighted by atomic mass is 9.78. The molecule has 3 aromatic carbocycles. The van der Waals surface area contributed by atoms with Gasteiger partial charge in [0.2, 0.25) is 0 Å². The smallest absolute Gasteiger partial charge is 0.321 e. The van der Waals surface area contributed by atoms with Crippen molar-refractivity contribution >= 4 is 23.2 Å². The monoisotopic (exact) mass is 593 g/mol. The van der Waals surface area contributed by atoms with Crippen LogP contribution >= 0.6 is 0 Å². The summed E-state index contributed by atoms with van der Waals surface area (Å²) in [6.45, 7) is 12.0. The van der Waals surface area contributed by atoms with Crippen LogP contribution in [0.4, 0.5) is 16.2 Å². The molecule has 3 aromatic rings. The standard InChI is InChI=1S/C20H23NO.C14H20N2O.C5H8/c1-3-14-13-17(15-7-10-18(21-2)11-8-15)9-12-19(14)20(22)16-5-4-6-16;1-11(2)12-5-7-13(8-6-12)15-14(17)16-9-3-4-10-16;1-5-3-2-4-5/h7-13,16,21H,3-6H2,1-2H3;5-8,11H,3-4,9-10H2,1-2H3,(H,15,17);1-4H2. The van der Waals surface area contributed by atoms with Gasteiger partial charge in [-0.15, -0.1) is 0 Å². The van der Waals surface area contributed by atoms with Crippen molar-refractivity contribution in [1.29, 1.82) is 0 Å². The highest BCUT2D eigenvalue weighted by molar-refractivity contribution is 6.00. The van der Waals surface area contributed by atoms with Crippen molar-refractivity contribution in [1.82, 2.24) is 4.90 Å². The van der Waals surface area contributed by atoms with E-state index in [9.17, 15) is 9.59 Å². The van der Waals surface area contributed by atoms with Gasteiger partial charge in [0.15, 0.2) is 5.78 Å². The highest BCUT2D eigenvalue weighted by Gasteiger charge is 2.27. The molecule has 0 bridgehead atoms. The lowest BCUT2D eigenvalue weighted by molar-refractivity contribution is 0.0854. The molecular formula is C39H51N3O2. The molecule has 1 heterocycles. The van der Waals surface area contributed by atoms with Crippen LogP contribution in [0, 0.1) is 5.92 Å². The maximum Gasteiger partial charge on any atom is 0.321 e. The number of amides is 2. The molecule has 2 aliphatic carbocycles. The largest absolute Gasteiger partial charge is 0.388 e. The Bertz CT molecular complexity index is 1380. The summed E-state index contributed by atoms with van der Waals surface area (Å²) in [4.78, 5) is 26.2. The molecule has 44 heavy (non-hydrogen) atoms. The van der Waals surface area contributed by atoms with E-state index in [1.54, 1.807) is 0 Å². The highest BCUT2D eigenvalue weighted by Crippen LogP contribution is 2.32. The Labute approximate surface area is 265 Å². The predicted molar refractivity (Wildman–Crippen MR) is 186 cm³/mol. The number of carbonyl (C=O) groups is 2. The molecule has 2 amide bonds. The molecule has 2 N–H and O–H groups in total. The highest BCUT2D eigenvalue weighted by atomic mass is 16.2. The predicted octanol–water partition coefficient (Wildman–Crippen LogP) is 10.1. The van der Waals surface area contributed by atoms with Crippen LogP contribution in [0.2, 0.25) is 0 Å². The van der Waals surface area contributed by atoms with E-state index in [-0.39, 0.29) is 11.9 Å². The van der Waals surface area contributed by atoms with Gasteiger partial charge in [-0.2, -0.15) is 0 Å². The molecular weight excluding hydrogens is 542 g/mol. The lowest BCUT2D eigenvalue weighted by Gasteiger charge is -2.25. The van der Waals surface area contributed by atoms with Crippen LogP contribution in [0.3, 0.4) is 0 Å². The zero-order valence-corrected chi connectivity index (χ0v) is 27.3. The number of anilines is 2. The third-order valence-electron chi connectivity index (χ3n) is 9.02. The first-order valence-electron chi connectivity index (χ1n) is 16.6. The van der Waals surface area contributed by atoms with Gasteiger partial charge in [-0.05, 0) is 104 Å². The molecule has 3 aliphatic rings.